The summed E-state index contributed by atoms with van der Waals surface area (Å²) in [5.41, 5.74) is 1.35. The second kappa shape index (κ2) is 4.78. The first-order chi connectivity index (χ1) is 5.36. The summed E-state index contributed by atoms with van der Waals surface area (Å²) in [7, 11) is 0. The zero-order chi connectivity index (χ0) is 8.10. The zero-order valence-corrected chi connectivity index (χ0v) is 7.73. The Morgan fingerprint density at radius 1 is 1.73 bits per heavy atom. The number of allylic oxidation sites excluding steroid dienone is 1. The van der Waals surface area contributed by atoms with Crippen LogP contribution >= 0.6 is 11.6 Å². The summed E-state index contributed by atoms with van der Waals surface area (Å²) in [4.78, 5) is 0. The third kappa shape index (κ3) is 2.84. The molecular weight excluding hydrogens is 160 g/mol. The Bertz CT molecular complexity index is 130. The molecule has 1 aliphatic rings. The van der Waals surface area contributed by atoms with Crippen molar-refractivity contribution < 1.29 is 4.74 Å². The van der Waals surface area contributed by atoms with Crippen LogP contribution in [0.15, 0.2) is 11.6 Å². The van der Waals surface area contributed by atoms with E-state index >= 15 is 0 Å². The molecule has 1 unspecified atom stereocenters. The van der Waals surface area contributed by atoms with E-state index in [1.165, 1.54) is 12.0 Å². The van der Waals surface area contributed by atoms with Crippen molar-refractivity contribution in [3.63, 3.8) is 0 Å². The van der Waals surface area contributed by atoms with Crippen molar-refractivity contribution in [3.05, 3.63) is 11.6 Å². The van der Waals surface area contributed by atoms with Crippen LogP contribution < -0.4 is 0 Å². The van der Waals surface area contributed by atoms with Gasteiger partial charge in [0.2, 0.25) is 0 Å². The molecule has 1 atom stereocenters. The SMILES string of the molecule is CC/C(=C\C1CCOC1)CCl. The van der Waals surface area contributed by atoms with E-state index in [1.54, 1.807) is 0 Å². The smallest absolute Gasteiger partial charge is 0.0529 e. The standard InChI is InChI=1S/C9H15ClO/c1-2-8(6-10)5-9-3-4-11-7-9/h5,9H,2-4,6-7H2,1H3/b8-5+. The van der Waals surface area contributed by atoms with Crippen LogP contribution in [0.25, 0.3) is 0 Å². The van der Waals surface area contributed by atoms with E-state index in [9.17, 15) is 0 Å². The number of hydrogen-bond acceptors (Lipinski definition) is 1. The van der Waals surface area contributed by atoms with E-state index in [0.29, 0.717) is 11.8 Å². The highest BCUT2D eigenvalue weighted by molar-refractivity contribution is 6.19. The van der Waals surface area contributed by atoms with Gasteiger partial charge in [0.25, 0.3) is 0 Å². The van der Waals surface area contributed by atoms with Gasteiger partial charge in [0.05, 0.1) is 6.61 Å². The summed E-state index contributed by atoms with van der Waals surface area (Å²) in [6.45, 7) is 3.95. The summed E-state index contributed by atoms with van der Waals surface area (Å²) in [6, 6.07) is 0. The number of halogens is 1. The molecule has 2 heteroatoms. The summed E-state index contributed by atoms with van der Waals surface area (Å²) in [5.74, 6) is 1.30. The molecule has 0 spiro atoms. The maximum absolute atomic E-state index is 5.74. The molecule has 0 aromatic carbocycles. The van der Waals surface area contributed by atoms with Crippen LogP contribution in [-0.4, -0.2) is 19.1 Å². The minimum absolute atomic E-state index is 0.628. The largest absolute Gasteiger partial charge is 0.381 e. The van der Waals surface area contributed by atoms with Gasteiger partial charge in [0.15, 0.2) is 0 Å². The average molecular weight is 175 g/mol. The van der Waals surface area contributed by atoms with Crippen molar-refractivity contribution in [1.82, 2.24) is 0 Å². The minimum Gasteiger partial charge on any atom is -0.381 e. The second-order valence-electron chi connectivity index (χ2n) is 2.94. The molecule has 1 saturated heterocycles. The summed E-state index contributed by atoms with van der Waals surface area (Å²) in [5, 5.41) is 0. The lowest BCUT2D eigenvalue weighted by atomic mass is 10.0. The van der Waals surface area contributed by atoms with Crippen molar-refractivity contribution in [2.24, 2.45) is 5.92 Å². The Morgan fingerprint density at radius 2 is 2.55 bits per heavy atom. The highest BCUT2D eigenvalue weighted by Gasteiger charge is 2.12. The van der Waals surface area contributed by atoms with E-state index in [0.717, 1.165) is 19.6 Å². The number of rotatable bonds is 3. The fourth-order valence-corrected chi connectivity index (χ4v) is 1.55. The van der Waals surface area contributed by atoms with Gasteiger partial charge in [-0.25, -0.2) is 0 Å². The summed E-state index contributed by atoms with van der Waals surface area (Å²) < 4.78 is 5.26. The summed E-state index contributed by atoms with van der Waals surface area (Å²) >= 11 is 5.74. The third-order valence-corrected chi connectivity index (χ3v) is 2.41. The van der Waals surface area contributed by atoms with Crippen molar-refractivity contribution >= 4 is 11.6 Å². The third-order valence-electron chi connectivity index (χ3n) is 2.06. The fraction of sp³-hybridized carbons (Fsp3) is 0.778. The first-order valence-corrected chi connectivity index (χ1v) is 4.73. The van der Waals surface area contributed by atoms with Gasteiger partial charge in [0.1, 0.15) is 0 Å². The van der Waals surface area contributed by atoms with Gasteiger partial charge >= 0.3 is 0 Å². The van der Waals surface area contributed by atoms with Crippen LogP contribution in [-0.2, 0) is 4.74 Å². The first kappa shape index (κ1) is 9.08. The maximum Gasteiger partial charge on any atom is 0.0529 e. The van der Waals surface area contributed by atoms with Crippen molar-refractivity contribution in [1.29, 1.82) is 0 Å². The van der Waals surface area contributed by atoms with Crippen LogP contribution in [0, 0.1) is 5.92 Å². The second-order valence-corrected chi connectivity index (χ2v) is 3.20. The van der Waals surface area contributed by atoms with E-state index in [1.807, 2.05) is 0 Å². The van der Waals surface area contributed by atoms with Crippen molar-refractivity contribution in [2.75, 3.05) is 19.1 Å². The molecule has 0 N–H and O–H groups in total. The Hall–Kier alpha value is -0.0100. The van der Waals surface area contributed by atoms with Crippen LogP contribution in [0.4, 0.5) is 0 Å². The number of ether oxygens (including phenoxy) is 1. The topological polar surface area (TPSA) is 9.23 Å². The highest BCUT2D eigenvalue weighted by atomic mass is 35.5. The van der Waals surface area contributed by atoms with Gasteiger partial charge in [0, 0.05) is 18.4 Å². The van der Waals surface area contributed by atoms with Crippen molar-refractivity contribution in [2.45, 2.75) is 19.8 Å². The lowest BCUT2D eigenvalue weighted by Gasteiger charge is -2.03. The van der Waals surface area contributed by atoms with E-state index in [-0.39, 0.29) is 0 Å². The molecule has 0 aromatic heterocycles. The van der Waals surface area contributed by atoms with E-state index in [4.69, 9.17) is 16.3 Å². The highest BCUT2D eigenvalue weighted by Crippen LogP contribution is 2.17. The molecule has 1 fully saturated rings. The van der Waals surface area contributed by atoms with Gasteiger partial charge in [-0.15, -0.1) is 11.6 Å². The molecule has 0 radical (unpaired) electrons. The Labute approximate surface area is 73.4 Å². The fourth-order valence-electron chi connectivity index (χ4n) is 1.27. The molecule has 1 rings (SSSR count). The normalized spacial score (nSPS) is 26.0. The quantitative estimate of drug-likeness (QED) is 0.472. The monoisotopic (exact) mass is 174 g/mol. The van der Waals surface area contributed by atoms with Crippen molar-refractivity contribution in [3.8, 4) is 0 Å². The summed E-state index contributed by atoms with van der Waals surface area (Å²) in [6.07, 6.45) is 4.51. The number of hydrogen-bond donors (Lipinski definition) is 0. The molecule has 0 amide bonds. The van der Waals surface area contributed by atoms with Gasteiger partial charge < -0.3 is 4.74 Å². The zero-order valence-electron chi connectivity index (χ0n) is 6.98. The molecule has 1 heterocycles. The maximum atomic E-state index is 5.74. The lowest BCUT2D eigenvalue weighted by molar-refractivity contribution is 0.191. The molecule has 0 saturated carbocycles. The molecule has 0 aromatic rings. The van der Waals surface area contributed by atoms with Gasteiger partial charge in [-0.3, -0.25) is 0 Å². The molecule has 64 valence electrons. The number of alkyl halides is 1. The predicted octanol–water partition coefficient (Wildman–Crippen LogP) is 2.60. The molecule has 1 aliphatic heterocycles. The Kier molecular flexibility index (Phi) is 3.95. The van der Waals surface area contributed by atoms with Gasteiger partial charge in [-0.1, -0.05) is 18.6 Å². The van der Waals surface area contributed by atoms with Crippen LogP contribution in [0.3, 0.4) is 0 Å². The van der Waals surface area contributed by atoms with E-state index < -0.39 is 0 Å². The Morgan fingerprint density at radius 3 is 3.00 bits per heavy atom. The average Bonchev–Trinajstić information content (AvgIpc) is 2.52. The minimum atomic E-state index is 0.628. The van der Waals surface area contributed by atoms with Crippen LogP contribution in [0.2, 0.25) is 0 Å². The molecule has 0 bridgehead atoms. The van der Waals surface area contributed by atoms with Crippen LogP contribution in [0.1, 0.15) is 19.8 Å². The molecule has 1 nitrogen and oxygen atoms in total. The predicted molar refractivity (Wildman–Crippen MR) is 48.0 cm³/mol. The van der Waals surface area contributed by atoms with Gasteiger partial charge in [-0.2, -0.15) is 0 Å². The lowest BCUT2D eigenvalue weighted by Crippen LogP contribution is -1.96. The molecule has 11 heavy (non-hydrogen) atoms. The Balaban J connectivity index is 2.40. The van der Waals surface area contributed by atoms with Gasteiger partial charge in [-0.05, 0) is 12.8 Å². The van der Waals surface area contributed by atoms with E-state index in [2.05, 4.69) is 13.0 Å². The molecular formula is C9H15ClO. The van der Waals surface area contributed by atoms with Crippen LogP contribution in [0.5, 0.6) is 0 Å². The first-order valence-electron chi connectivity index (χ1n) is 4.20. The molecule has 0 aliphatic carbocycles.